The molecule has 1 saturated heterocycles. The molecule has 1 aliphatic heterocycles. The quantitative estimate of drug-likeness (QED) is 0.725. The third-order valence-electron chi connectivity index (χ3n) is 6.31. The van der Waals surface area contributed by atoms with Gasteiger partial charge in [0.25, 0.3) is 5.91 Å². The van der Waals surface area contributed by atoms with Crippen LogP contribution in [0.1, 0.15) is 47.9 Å². The van der Waals surface area contributed by atoms with E-state index in [-0.39, 0.29) is 11.9 Å². The molecule has 0 bridgehead atoms. The number of rotatable bonds is 4. The van der Waals surface area contributed by atoms with E-state index in [4.69, 9.17) is 0 Å². The van der Waals surface area contributed by atoms with E-state index in [1.54, 1.807) is 6.33 Å². The van der Waals surface area contributed by atoms with Gasteiger partial charge >= 0.3 is 0 Å². The summed E-state index contributed by atoms with van der Waals surface area (Å²) >= 11 is 0. The number of amides is 1. The molecule has 29 heavy (non-hydrogen) atoms. The van der Waals surface area contributed by atoms with Crippen LogP contribution in [0.5, 0.6) is 0 Å². The zero-order valence-corrected chi connectivity index (χ0v) is 16.9. The molecule has 1 aliphatic carbocycles. The second-order valence-electron chi connectivity index (χ2n) is 7.94. The molecule has 1 N–H and O–H groups in total. The number of hydrogen-bond donors (Lipinski definition) is 1. The van der Waals surface area contributed by atoms with Gasteiger partial charge in [0.05, 0.1) is 6.33 Å². The van der Waals surface area contributed by atoms with Crippen LogP contribution in [0.15, 0.2) is 12.7 Å². The Morgan fingerprint density at radius 1 is 1.28 bits per heavy atom. The predicted molar refractivity (Wildman–Crippen MR) is 109 cm³/mol. The molecule has 2 aliphatic rings. The standard InChI is InChI=1S/C20H26N8O/c1-3-27-12-23-17-18(21-11-22-19(17)27)26(2)13-8-9-28(10-13)20(29)16-14-6-4-5-7-15(14)24-25-16/h11-13H,3-10H2,1-2H3,(H,24,25). The summed E-state index contributed by atoms with van der Waals surface area (Å²) in [6, 6.07) is 0.193. The molecule has 1 unspecified atom stereocenters. The maximum Gasteiger partial charge on any atom is 0.274 e. The van der Waals surface area contributed by atoms with Gasteiger partial charge in [-0.25, -0.2) is 15.0 Å². The number of imidazole rings is 1. The highest BCUT2D eigenvalue weighted by atomic mass is 16.2. The lowest BCUT2D eigenvalue weighted by Crippen LogP contribution is -2.37. The summed E-state index contributed by atoms with van der Waals surface area (Å²) in [5, 5.41) is 7.44. The van der Waals surface area contributed by atoms with Crippen molar-refractivity contribution in [2.75, 3.05) is 25.0 Å². The van der Waals surface area contributed by atoms with E-state index in [0.29, 0.717) is 12.2 Å². The second kappa shape index (κ2) is 7.13. The van der Waals surface area contributed by atoms with Crippen molar-refractivity contribution in [2.24, 2.45) is 0 Å². The Morgan fingerprint density at radius 3 is 3.00 bits per heavy atom. The van der Waals surface area contributed by atoms with E-state index in [9.17, 15) is 4.79 Å². The van der Waals surface area contributed by atoms with Gasteiger partial charge in [-0.15, -0.1) is 0 Å². The van der Waals surface area contributed by atoms with Crippen LogP contribution < -0.4 is 4.90 Å². The summed E-state index contributed by atoms with van der Waals surface area (Å²) in [5.41, 5.74) is 4.54. The Morgan fingerprint density at radius 2 is 2.14 bits per heavy atom. The minimum absolute atomic E-state index is 0.0448. The number of nitrogens with zero attached hydrogens (tertiary/aromatic N) is 7. The Labute approximate surface area is 169 Å². The molecule has 3 aromatic heterocycles. The lowest BCUT2D eigenvalue weighted by Gasteiger charge is -2.26. The number of aromatic amines is 1. The molecule has 4 heterocycles. The third-order valence-corrected chi connectivity index (χ3v) is 6.31. The molecule has 5 rings (SSSR count). The lowest BCUT2D eigenvalue weighted by molar-refractivity contribution is 0.0783. The van der Waals surface area contributed by atoms with Crippen LogP contribution in [0.3, 0.4) is 0 Å². The fourth-order valence-corrected chi connectivity index (χ4v) is 4.58. The van der Waals surface area contributed by atoms with Crippen molar-refractivity contribution in [2.45, 2.75) is 51.6 Å². The Hall–Kier alpha value is -2.97. The van der Waals surface area contributed by atoms with Crippen LogP contribution in [0.25, 0.3) is 11.2 Å². The van der Waals surface area contributed by atoms with Gasteiger partial charge in [-0.05, 0) is 39.0 Å². The number of nitrogens with one attached hydrogen (secondary N) is 1. The molecule has 1 atom stereocenters. The smallest absolute Gasteiger partial charge is 0.274 e. The monoisotopic (exact) mass is 394 g/mol. The van der Waals surface area contributed by atoms with Crippen molar-refractivity contribution in [3.63, 3.8) is 0 Å². The summed E-state index contributed by atoms with van der Waals surface area (Å²) in [7, 11) is 2.03. The van der Waals surface area contributed by atoms with E-state index in [1.807, 2.05) is 22.8 Å². The van der Waals surface area contributed by atoms with Crippen LogP contribution in [0, 0.1) is 0 Å². The molecule has 9 heteroatoms. The normalized spacial score (nSPS) is 19.0. The summed E-state index contributed by atoms with van der Waals surface area (Å²) in [4.78, 5) is 30.6. The van der Waals surface area contributed by atoms with Gasteiger partial charge in [0.1, 0.15) is 6.33 Å². The summed E-state index contributed by atoms with van der Waals surface area (Å²) in [5.74, 6) is 0.863. The molecule has 1 fully saturated rings. The van der Waals surface area contributed by atoms with Gasteiger partial charge in [0.2, 0.25) is 0 Å². The minimum atomic E-state index is 0.0448. The Bertz CT molecular complexity index is 1050. The van der Waals surface area contributed by atoms with Crippen LogP contribution in [0.2, 0.25) is 0 Å². The van der Waals surface area contributed by atoms with Crippen LogP contribution in [0.4, 0.5) is 5.82 Å². The lowest BCUT2D eigenvalue weighted by atomic mass is 9.95. The molecule has 0 aromatic carbocycles. The van der Waals surface area contributed by atoms with E-state index >= 15 is 0 Å². The molecule has 3 aromatic rings. The SMILES string of the molecule is CCn1cnc2c(N(C)C3CCN(C(=O)c4n[nH]c5c4CCCC5)C3)ncnc21. The maximum absolute atomic E-state index is 13.1. The maximum atomic E-state index is 13.1. The fourth-order valence-electron chi connectivity index (χ4n) is 4.58. The number of hydrogen-bond acceptors (Lipinski definition) is 6. The van der Waals surface area contributed by atoms with E-state index in [1.165, 1.54) is 6.42 Å². The Balaban J connectivity index is 1.35. The molecule has 1 amide bonds. The molecule has 0 saturated carbocycles. The van der Waals surface area contributed by atoms with Crippen molar-refractivity contribution in [1.82, 2.24) is 34.6 Å². The first-order chi connectivity index (χ1) is 14.2. The van der Waals surface area contributed by atoms with Crippen molar-refractivity contribution in [3.05, 3.63) is 29.6 Å². The van der Waals surface area contributed by atoms with Crippen molar-refractivity contribution >= 4 is 22.9 Å². The van der Waals surface area contributed by atoms with Gasteiger partial charge in [-0.1, -0.05) is 0 Å². The number of aromatic nitrogens is 6. The first-order valence-corrected chi connectivity index (χ1v) is 10.4. The number of likely N-dealkylation sites (N-methyl/N-ethyl adjacent to an activating group) is 1. The molecule has 152 valence electrons. The van der Waals surface area contributed by atoms with Crippen molar-refractivity contribution < 1.29 is 4.79 Å². The number of likely N-dealkylation sites (tertiary alicyclic amines) is 1. The third kappa shape index (κ3) is 2.95. The molecular weight excluding hydrogens is 368 g/mol. The number of carbonyl (C=O) groups is 1. The van der Waals surface area contributed by atoms with E-state index < -0.39 is 0 Å². The average Bonchev–Trinajstić information content (AvgIpc) is 3.50. The highest BCUT2D eigenvalue weighted by Crippen LogP contribution is 2.28. The zero-order chi connectivity index (χ0) is 20.0. The number of fused-ring (bicyclic) bond motifs is 2. The molecule has 0 spiro atoms. The number of carbonyl (C=O) groups excluding carboxylic acids is 1. The number of aryl methyl sites for hydroxylation is 2. The van der Waals surface area contributed by atoms with Crippen molar-refractivity contribution in [1.29, 1.82) is 0 Å². The zero-order valence-electron chi connectivity index (χ0n) is 16.9. The topological polar surface area (TPSA) is 95.8 Å². The fraction of sp³-hybridized carbons (Fsp3) is 0.550. The highest BCUT2D eigenvalue weighted by Gasteiger charge is 2.33. The van der Waals surface area contributed by atoms with Crippen molar-refractivity contribution in [3.8, 4) is 0 Å². The van der Waals surface area contributed by atoms with Gasteiger partial charge < -0.3 is 14.4 Å². The predicted octanol–water partition coefficient (Wildman–Crippen LogP) is 1.80. The summed E-state index contributed by atoms with van der Waals surface area (Å²) in [6.45, 7) is 4.28. The number of H-pyrrole nitrogens is 1. The molecule has 9 nitrogen and oxygen atoms in total. The first kappa shape index (κ1) is 18.1. The van der Waals surface area contributed by atoms with Gasteiger partial charge in [-0.3, -0.25) is 9.89 Å². The highest BCUT2D eigenvalue weighted by molar-refractivity contribution is 5.94. The Kier molecular flexibility index (Phi) is 4.44. The van der Waals surface area contributed by atoms with Gasteiger partial charge in [0.15, 0.2) is 22.7 Å². The largest absolute Gasteiger partial charge is 0.353 e. The molecular formula is C20H26N8O. The van der Waals surface area contributed by atoms with Crippen LogP contribution in [-0.2, 0) is 19.4 Å². The second-order valence-corrected chi connectivity index (χ2v) is 7.94. The van der Waals surface area contributed by atoms with Gasteiger partial charge in [-0.2, -0.15) is 5.10 Å². The van der Waals surface area contributed by atoms with Crippen LogP contribution >= 0.6 is 0 Å². The summed E-state index contributed by atoms with van der Waals surface area (Å²) < 4.78 is 2.01. The average molecular weight is 394 g/mol. The number of anilines is 1. The first-order valence-electron chi connectivity index (χ1n) is 10.4. The summed E-state index contributed by atoms with van der Waals surface area (Å²) in [6.07, 6.45) is 8.54. The van der Waals surface area contributed by atoms with Gasteiger partial charge in [0, 0.05) is 44.0 Å². The van der Waals surface area contributed by atoms with E-state index in [0.717, 1.165) is 67.0 Å². The van der Waals surface area contributed by atoms with Crippen LogP contribution in [-0.4, -0.2) is 66.7 Å². The minimum Gasteiger partial charge on any atom is -0.353 e. The molecule has 0 radical (unpaired) electrons. The van der Waals surface area contributed by atoms with E-state index in [2.05, 4.69) is 37.0 Å².